The zero-order valence-corrected chi connectivity index (χ0v) is 9.73. The average Bonchev–Trinajstić information content (AvgIpc) is 2.92. The molecule has 1 fully saturated rings. The Labute approximate surface area is 89.8 Å². The van der Waals surface area contributed by atoms with Crippen LogP contribution in [0.2, 0.25) is 0 Å². The van der Waals surface area contributed by atoms with Crippen molar-refractivity contribution >= 4 is 11.3 Å². The third kappa shape index (κ3) is 2.55. The number of aromatic nitrogens is 1. The van der Waals surface area contributed by atoms with E-state index < -0.39 is 0 Å². The van der Waals surface area contributed by atoms with Crippen LogP contribution in [0, 0.1) is 12.8 Å². The third-order valence-electron chi connectivity index (χ3n) is 2.81. The van der Waals surface area contributed by atoms with Crippen molar-refractivity contribution in [3.8, 4) is 0 Å². The van der Waals surface area contributed by atoms with Crippen LogP contribution in [0.1, 0.15) is 36.9 Å². The van der Waals surface area contributed by atoms with Crippen molar-refractivity contribution in [2.75, 3.05) is 0 Å². The topological polar surface area (TPSA) is 24.9 Å². The summed E-state index contributed by atoms with van der Waals surface area (Å²) in [7, 11) is 0. The van der Waals surface area contributed by atoms with Crippen LogP contribution in [0.15, 0.2) is 5.38 Å². The van der Waals surface area contributed by atoms with E-state index >= 15 is 0 Å². The molecule has 1 aromatic heterocycles. The molecular formula is C11H18N2S. The molecule has 1 aliphatic carbocycles. The van der Waals surface area contributed by atoms with Crippen LogP contribution in [-0.2, 0) is 6.54 Å². The lowest BCUT2D eigenvalue weighted by atomic mass is 10.1. The van der Waals surface area contributed by atoms with Gasteiger partial charge in [-0.3, -0.25) is 0 Å². The molecule has 2 nitrogen and oxygen atoms in total. The smallest absolute Gasteiger partial charge is 0.107 e. The Kier molecular flexibility index (Phi) is 3.19. The second kappa shape index (κ2) is 4.41. The summed E-state index contributed by atoms with van der Waals surface area (Å²) < 4.78 is 0. The lowest BCUT2D eigenvalue weighted by molar-refractivity contribution is 0.448. The highest BCUT2D eigenvalue weighted by molar-refractivity contribution is 7.09. The number of hydrogen-bond acceptors (Lipinski definition) is 3. The van der Waals surface area contributed by atoms with E-state index in [9.17, 15) is 0 Å². The van der Waals surface area contributed by atoms with Crippen LogP contribution >= 0.6 is 11.3 Å². The van der Waals surface area contributed by atoms with Crippen LogP contribution < -0.4 is 5.32 Å². The van der Waals surface area contributed by atoms with Crippen molar-refractivity contribution in [2.45, 2.75) is 45.7 Å². The lowest BCUT2D eigenvalue weighted by Gasteiger charge is -2.14. The minimum atomic E-state index is 0.721. The molecule has 2 rings (SSSR count). The maximum Gasteiger partial charge on any atom is 0.107 e. The summed E-state index contributed by atoms with van der Waals surface area (Å²) in [6, 6.07) is 0.721. The third-order valence-corrected chi connectivity index (χ3v) is 3.78. The molecule has 1 N–H and O–H groups in total. The van der Waals surface area contributed by atoms with E-state index in [1.54, 1.807) is 11.3 Å². The van der Waals surface area contributed by atoms with Gasteiger partial charge in [0.25, 0.3) is 0 Å². The Hall–Kier alpha value is -0.410. The Morgan fingerprint density at radius 1 is 1.64 bits per heavy atom. The highest BCUT2D eigenvalue weighted by Crippen LogP contribution is 2.34. The fraction of sp³-hybridized carbons (Fsp3) is 0.727. The Balaban J connectivity index is 1.80. The van der Waals surface area contributed by atoms with Gasteiger partial charge in [-0.15, -0.1) is 11.3 Å². The van der Waals surface area contributed by atoms with E-state index in [0.29, 0.717) is 0 Å². The van der Waals surface area contributed by atoms with E-state index in [0.717, 1.165) is 24.2 Å². The predicted molar refractivity (Wildman–Crippen MR) is 60.5 cm³/mol. The molecule has 1 heterocycles. The van der Waals surface area contributed by atoms with Crippen LogP contribution in [0.5, 0.6) is 0 Å². The largest absolute Gasteiger partial charge is 0.307 e. The van der Waals surface area contributed by atoms with Crippen LogP contribution in [0.3, 0.4) is 0 Å². The summed E-state index contributed by atoms with van der Waals surface area (Å²) in [6.45, 7) is 5.27. The maximum absolute atomic E-state index is 4.45. The van der Waals surface area contributed by atoms with Crippen molar-refractivity contribution in [1.82, 2.24) is 10.3 Å². The molecule has 78 valence electrons. The first kappa shape index (κ1) is 10.1. The molecule has 0 spiro atoms. The molecule has 0 bridgehead atoms. The van der Waals surface area contributed by atoms with Crippen molar-refractivity contribution in [3.05, 3.63) is 16.1 Å². The normalized spacial score (nSPS) is 18.4. The number of hydrogen-bond donors (Lipinski definition) is 1. The lowest BCUT2D eigenvalue weighted by Crippen LogP contribution is -2.29. The molecule has 14 heavy (non-hydrogen) atoms. The molecule has 0 radical (unpaired) electrons. The zero-order chi connectivity index (χ0) is 9.97. The number of rotatable bonds is 5. The molecule has 1 aromatic rings. The number of aryl methyl sites for hydroxylation is 1. The van der Waals surface area contributed by atoms with Gasteiger partial charge in [0, 0.05) is 23.7 Å². The minimum Gasteiger partial charge on any atom is -0.307 e. The van der Waals surface area contributed by atoms with E-state index in [-0.39, 0.29) is 0 Å². The number of nitrogens with one attached hydrogen (secondary N) is 1. The minimum absolute atomic E-state index is 0.721. The van der Waals surface area contributed by atoms with Gasteiger partial charge in [0.15, 0.2) is 0 Å². The van der Waals surface area contributed by atoms with Crippen molar-refractivity contribution < 1.29 is 0 Å². The molecular weight excluding hydrogens is 192 g/mol. The number of nitrogens with zero attached hydrogens (tertiary/aromatic N) is 1. The fourth-order valence-electron chi connectivity index (χ4n) is 1.85. The highest BCUT2D eigenvalue weighted by Gasteiger charge is 2.29. The zero-order valence-electron chi connectivity index (χ0n) is 8.92. The van der Waals surface area contributed by atoms with Crippen molar-refractivity contribution in [1.29, 1.82) is 0 Å². The van der Waals surface area contributed by atoms with Gasteiger partial charge in [0.2, 0.25) is 0 Å². The van der Waals surface area contributed by atoms with Gasteiger partial charge in [-0.1, -0.05) is 6.92 Å². The molecule has 1 aliphatic rings. The first-order chi connectivity index (χ1) is 6.79. The molecule has 1 saturated carbocycles. The van der Waals surface area contributed by atoms with Gasteiger partial charge >= 0.3 is 0 Å². The quantitative estimate of drug-likeness (QED) is 0.808. The summed E-state index contributed by atoms with van der Waals surface area (Å²) in [5, 5.41) is 6.95. The molecule has 0 amide bonds. The van der Waals surface area contributed by atoms with Crippen LogP contribution in [-0.4, -0.2) is 11.0 Å². The molecule has 0 aromatic carbocycles. The SMILES string of the molecule is CCC(NCc1nc(C)cs1)C1CC1. The van der Waals surface area contributed by atoms with Gasteiger partial charge in [-0.05, 0) is 32.1 Å². The van der Waals surface area contributed by atoms with E-state index in [2.05, 4.69) is 29.5 Å². The maximum atomic E-state index is 4.45. The summed E-state index contributed by atoms with van der Waals surface area (Å²) >= 11 is 1.76. The Bertz CT molecular complexity index is 291. The van der Waals surface area contributed by atoms with Gasteiger partial charge in [-0.25, -0.2) is 4.98 Å². The second-order valence-corrected chi connectivity index (χ2v) is 5.06. The summed E-state index contributed by atoms with van der Waals surface area (Å²) in [4.78, 5) is 4.45. The molecule has 3 heteroatoms. The first-order valence-corrected chi connectivity index (χ1v) is 6.32. The fourth-order valence-corrected chi connectivity index (χ4v) is 2.57. The van der Waals surface area contributed by atoms with Gasteiger partial charge < -0.3 is 5.32 Å². The number of thiazole rings is 1. The highest BCUT2D eigenvalue weighted by atomic mass is 32.1. The Morgan fingerprint density at radius 3 is 2.93 bits per heavy atom. The molecule has 1 atom stereocenters. The predicted octanol–water partition coefficient (Wildman–Crippen LogP) is 2.73. The average molecular weight is 210 g/mol. The van der Waals surface area contributed by atoms with Crippen molar-refractivity contribution in [2.24, 2.45) is 5.92 Å². The molecule has 0 aliphatic heterocycles. The van der Waals surface area contributed by atoms with Gasteiger partial charge in [0.05, 0.1) is 0 Å². The molecule has 0 saturated heterocycles. The monoisotopic (exact) mass is 210 g/mol. The van der Waals surface area contributed by atoms with E-state index in [1.807, 2.05) is 0 Å². The van der Waals surface area contributed by atoms with E-state index in [4.69, 9.17) is 0 Å². The van der Waals surface area contributed by atoms with E-state index in [1.165, 1.54) is 24.3 Å². The summed E-state index contributed by atoms with van der Waals surface area (Å²) in [5.74, 6) is 0.945. The standard InChI is InChI=1S/C11H18N2S/c1-3-10(9-4-5-9)12-6-11-13-8(2)7-14-11/h7,9-10,12H,3-6H2,1-2H3. The van der Waals surface area contributed by atoms with Gasteiger partial charge in [0.1, 0.15) is 5.01 Å². The molecule has 1 unspecified atom stereocenters. The summed E-state index contributed by atoms with van der Waals surface area (Å²) in [6.07, 6.45) is 4.08. The van der Waals surface area contributed by atoms with Crippen LogP contribution in [0.4, 0.5) is 0 Å². The van der Waals surface area contributed by atoms with Crippen LogP contribution in [0.25, 0.3) is 0 Å². The summed E-state index contributed by atoms with van der Waals surface area (Å²) in [5.41, 5.74) is 1.14. The Morgan fingerprint density at radius 2 is 2.43 bits per heavy atom. The van der Waals surface area contributed by atoms with Crippen molar-refractivity contribution in [3.63, 3.8) is 0 Å². The second-order valence-electron chi connectivity index (χ2n) is 4.12. The first-order valence-electron chi connectivity index (χ1n) is 5.44. The van der Waals surface area contributed by atoms with Gasteiger partial charge in [-0.2, -0.15) is 0 Å².